The fourth-order valence-corrected chi connectivity index (χ4v) is 0.985. The highest BCUT2D eigenvalue weighted by atomic mass is 32.1. The summed E-state index contributed by atoms with van der Waals surface area (Å²) >= 11 is 1.49. The Bertz CT molecular complexity index is 217. The van der Waals surface area contributed by atoms with Gasteiger partial charge in [-0.25, -0.2) is 4.37 Å². The van der Waals surface area contributed by atoms with E-state index >= 15 is 0 Å². The van der Waals surface area contributed by atoms with Gasteiger partial charge >= 0.3 is 0 Å². The molecule has 1 rings (SSSR count). The molecular weight excluding hydrogens is 142 g/mol. The van der Waals surface area contributed by atoms with Crippen LogP contribution < -0.4 is 0 Å². The molecule has 2 heteroatoms. The van der Waals surface area contributed by atoms with Crippen molar-refractivity contribution in [3.63, 3.8) is 0 Å². The van der Waals surface area contributed by atoms with Crippen molar-refractivity contribution in [2.45, 2.75) is 6.92 Å². The van der Waals surface area contributed by atoms with Crippen molar-refractivity contribution < 1.29 is 0 Å². The van der Waals surface area contributed by atoms with E-state index in [4.69, 9.17) is 0 Å². The first-order chi connectivity index (χ1) is 4.89. The first kappa shape index (κ1) is 7.22. The highest BCUT2D eigenvalue weighted by Gasteiger charge is 1.72. The van der Waals surface area contributed by atoms with Gasteiger partial charge in [-0.2, -0.15) is 0 Å². The third-order valence-electron chi connectivity index (χ3n) is 1.01. The lowest BCUT2D eigenvalue weighted by Crippen LogP contribution is -1.55. The molecule has 0 aliphatic rings. The van der Waals surface area contributed by atoms with Crippen LogP contribution >= 0.6 is 11.5 Å². The summed E-state index contributed by atoms with van der Waals surface area (Å²) in [6.45, 7) is 2.04. The van der Waals surface area contributed by atoms with Crippen LogP contribution in [0, 0.1) is 6.92 Å². The van der Waals surface area contributed by atoms with Crippen molar-refractivity contribution >= 4 is 11.5 Å². The minimum absolute atomic E-state index is 1.20. The molecule has 0 spiro atoms. The van der Waals surface area contributed by atoms with E-state index in [-0.39, 0.29) is 0 Å². The molecule has 0 atom stereocenters. The van der Waals surface area contributed by atoms with Crippen LogP contribution in [0.2, 0.25) is 0 Å². The Morgan fingerprint density at radius 3 is 2.90 bits per heavy atom. The maximum atomic E-state index is 4.07. The van der Waals surface area contributed by atoms with Crippen LogP contribution in [-0.4, -0.2) is 4.37 Å². The molecule has 0 bridgehead atoms. The zero-order chi connectivity index (χ0) is 7.23. The van der Waals surface area contributed by atoms with E-state index in [9.17, 15) is 0 Å². The number of hydrogen-bond acceptors (Lipinski definition) is 2. The van der Waals surface area contributed by atoms with Crippen LogP contribution in [0.5, 0.6) is 0 Å². The second-order valence-electron chi connectivity index (χ2n) is 1.89. The molecule has 0 aromatic carbocycles. The summed E-state index contributed by atoms with van der Waals surface area (Å²) in [5, 5.41) is 0. The Labute approximate surface area is 64.8 Å². The van der Waals surface area contributed by atoms with Crippen molar-refractivity contribution in [3.8, 4) is 0 Å². The van der Waals surface area contributed by atoms with Gasteiger partial charge in [0.25, 0.3) is 0 Å². The van der Waals surface area contributed by atoms with Gasteiger partial charge in [0, 0.05) is 11.1 Å². The average molecular weight is 151 g/mol. The molecule has 0 saturated carbocycles. The molecule has 0 fully saturated rings. The van der Waals surface area contributed by atoms with Crippen molar-refractivity contribution in [3.05, 3.63) is 41.4 Å². The zero-order valence-electron chi connectivity index (χ0n) is 5.82. The lowest BCUT2D eigenvalue weighted by atomic mass is 10.4. The minimum Gasteiger partial charge on any atom is -0.201 e. The number of nitrogens with zero attached hydrogens (tertiary/aromatic N) is 1. The van der Waals surface area contributed by atoms with Crippen molar-refractivity contribution in [1.29, 1.82) is 0 Å². The molecule has 0 N–H and O–H groups in total. The topological polar surface area (TPSA) is 12.9 Å². The Morgan fingerprint density at radius 1 is 1.20 bits per heavy atom. The molecule has 0 radical (unpaired) electrons. The average Bonchev–Trinajstić information content (AvgIpc) is 2.02. The summed E-state index contributed by atoms with van der Waals surface area (Å²) in [6.07, 6.45) is 1.79. The fraction of sp³-hybridized carbons (Fsp3) is 0.125. The maximum absolute atomic E-state index is 4.07. The second-order valence-corrected chi connectivity index (χ2v) is 2.93. The quantitative estimate of drug-likeness (QED) is 0.555. The summed E-state index contributed by atoms with van der Waals surface area (Å²) in [5.41, 5.74) is 0. The predicted octanol–water partition coefficient (Wildman–Crippen LogP) is 2.58. The molecule has 0 aliphatic heterocycles. The molecule has 1 heterocycles. The first-order valence-corrected chi connectivity index (χ1v) is 3.87. The van der Waals surface area contributed by atoms with Crippen LogP contribution in [0.1, 0.15) is 4.88 Å². The third kappa shape index (κ3) is 2.60. The fourth-order valence-electron chi connectivity index (χ4n) is 0.548. The van der Waals surface area contributed by atoms with E-state index in [1.807, 2.05) is 37.3 Å². The van der Waals surface area contributed by atoms with E-state index in [2.05, 4.69) is 4.37 Å². The number of hydrogen-bond donors (Lipinski definition) is 0. The highest BCUT2D eigenvalue weighted by Crippen LogP contribution is 1.95. The predicted molar refractivity (Wildman–Crippen MR) is 44.5 cm³/mol. The summed E-state index contributed by atoms with van der Waals surface area (Å²) in [4.78, 5) is 1.20. The van der Waals surface area contributed by atoms with E-state index in [0.29, 0.717) is 0 Å². The van der Waals surface area contributed by atoms with E-state index in [1.165, 1.54) is 16.4 Å². The van der Waals surface area contributed by atoms with Gasteiger partial charge in [-0.3, -0.25) is 0 Å². The van der Waals surface area contributed by atoms with Crippen LogP contribution in [0.3, 0.4) is 0 Å². The van der Waals surface area contributed by atoms with E-state index in [1.54, 1.807) is 6.20 Å². The smallest absolute Gasteiger partial charge is 0.0398 e. The molecule has 1 nitrogen and oxygen atoms in total. The van der Waals surface area contributed by atoms with Gasteiger partial charge in [0.15, 0.2) is 0 Å². The molecule has 0 amide bonds. The minimum atomic E-state index is 1.20. The van der Waals surface area contributed by atoms with Crippen LogP contribution in [0.4, 0.5) is 0 Å². The van der Waals surface area contributed by atoms with Gasteiger partial charge in [-0.05, 0) is 30.6 Å². The van der Waals surface area contributed by atoms with Gasteiger partial charge in [-0.15, -0.1) is 0 Å². The summed E-state index contributed by atoms with van der Waals surface area (Å²) in [7, 11) is 0. The first-order valence-electron chi connectivity index (χ1n) is 3.10. The summed E-state index contributed by atoms with van der Waals surface area (Å²) < 4.78 is 4.07. The van der Waals surface area contributed by atoms with Gasteiger partial charge < -0.3 is 0 Å². The number of aromatic nitrogens is 1. The van der Waals surface area contributed by atoms with E-state index in [0.717, 1.165) is 0 Å². The largest absolute Gasteiger partial charge is 0.201 e. The SMILES string of the molecule is Cc1ccccccns1. The van der Waals surface area contributed by atoms with Crippen molar-refractivity contribution in [2.75, 3.05) is 0 Å². The molecule has 0 unspecified atom stereocenters. The summed E-state index contributed by atoms with van der Waals surface area (Å²) in [6, 6.07) is 9.90. The molecule has 0 saturated heterocycles. The molecular formula is C8H9NS. The zero-order valence-corrected chi connectivity index (χ0v) is 6.64. The van der Waals surface area contributed by atoms with Crippen LogP contribution in [0.25, 0.3) is 0 Å². The normalized spacial score (nSPS) is 8.50. The van der Waals surface area contributed by atoms with Crippen LogP contribution in [0.15, 0.2) is 36.5 Å². The lowest BCUT2D eigenvalue weighted by Gasteiger charge is -1.75. The van der Waals surface area contributed by atoms with E-state index < -0.39 is 0 Å². The van der Waals surface area contributed by atoms with Crippen molar-refractivity contribution in [2.24, 2.45) is 0 Å². The van der Waals surface area contributed by atoms with Gasteiger partial charge in [0.1, 0.15) is 0 Å². The standard InChI is InChI=1S/C8H9NS/c1-8-6-4-2-3-5-7-9-10-8/h2-7H,1H3. The van der Waals surface area contributed by atoms with Crippen molar-refractivity contribution in [1.82, 2.24) is 4.37 Å². The monoisotopic (exact) mass is 151 g/mol. The Hall–Kier alpha value is -0.890. The molecule has 52 valence electrons. The highest BCUT2D eigenvalue weighted by molar-refractivity contribution is 7.05. The van der Waals surface area contributed by atoms with Gasteiger partial charge in [0.2, 0.25) is 0 Å². The Balaban J connectivity index is 3.13. The third-order valence-corrected chi connectivity index (χ3v) is 1.66. The lowest BCUT2D eigenvalue weighted by molar-refractivity contribution is 1.53. The molecule has 0 aliphatic carbocycles. The molecule has 1 aromatic rings. The summed E-state index contributed by atoms with van der Waals surface area (Å²) in [5.74, 6) is 0. The maximum Gasteiger partial charge on any atom is 0.0398 e. The Morgan fingerprint density at radius 2 is 2.00 bits per heavy atom. The van der Waals surface area contributed by atoms with Crippen LogP contribution in [-0.2, 0) is 0 Å². The number of aryl methyl sites for hydroxylation is 1. The van der Waals surface area contributed by atoms with Gasteiger partial charge in [-0.1, -0.05) is 18.2 Å². The van der Waals surface area contributed by atoms with Gasteiger partial charge in [0.05, 0.1) is 0 Å². The molecule has 1 aromatic heterocycles. The second kappa shape index (κ2) is 4.01. The number of rotatable bonds is 0. The Kier molecular flexibility index (Phi) is 2.90. The molecule has 10 heavy (non-hydrogen) atoms.